The highest BCUT2D eigenvalue weighted by Gasteiger charge is 2.24. The van der Waals surface area contributed by atoms with Gasteiger partial charge in [-0.1, -0.05) is 6.07 Å². The van der Waals surface area contributed by atoms with Crippen LogP contribution in [0.3, 0.4) is 0 Å². The zero-order valence-corrected chi connectivity index (χ0v) is 14.0. The molecule has 0 fully saturated rings. The van der Waals surface area contributed by atoms with Crippen LogP contribution < -0.4 is 4.74 Å². The summed E-state index contributed by atoms with van der Waals surface area (Å²) < 4.78 is 20.4. The van der Waals surface area contributed by atoms with Gasteiger partial charge in [-0.2, -0.15) is 5.10 Å². The second-order valence-corrected chi connectivity index (χ2v) is 7.25. The summed E-state index contributed by atoms with van der Waals surface area (Å²) in [4.78, 5) is 4.78. The summed E-state index contributed by atoms with van der Waals surface area (Å²) in [5.41, 5.74) is 4.07. The van der Waals surface area contributed by atoms with Crippen LogP contribution in [-0.2, 0) is 6.42 Å². The summed E-state index contributed by atoms with van der Waals surface area (Å²) in [6, 6.07) is 10.9. The van der Waals surface area contributed by atoms with Gasteiger partial charge in [0.2, 0.25) is 0 Å². The minimum Gasteiger partial charge on any atom is -0.493 e. The van der Waals surface area contributed by atoms with Gasteiger partial charge < -0.3 is 4.74 Å². The molecule has 1 aliphatic heterocycles. The lowest BCUT2D eigenvalue weighted by Gasteiger charge is -2.23. The second-order valence-electron chi connectivity index (χ2n) is 6.19. The number of hydrogen-bond acceptors (Lipinski definition) is 4. The van der Waals surface area contributed by atoms with Gasteiger partial charge in [-0.3, -0.25) is 5.10 Å². The van der Waals surface area contributed by atoms with Crippen LogP contribution in [0.2, 0.25) is 0 Å². The van der Waals surface area contributed by atoms with E-state index in [1.54, 1.807) is 23.5 Å². The molecule has 1 N–H and O–H groups in total. The molecule has 4 aromatic rings. The van der Waals surface area contributed by atoms with E-state index in [1.165, 1.54) is 6.07 Å². The molecule has 3 heterocycles. The smallest absolute Gasteiger partial charge is 0.123 e. The maximum Gasteiger partial charge on any atom is 0.123 e. The Morgan fingerprint density at radius 1 is 1.16 bits per heavy atom. The Labute approximate surface area is 147 Å². The van der Waals surface area contributed by atoms with E-state index in [-0.39, 0.29) is 11.7 Å². The van der Waals surface area contributed by atoms with Crippen molar-refractivity contribution < 1.29 is 9.13 Å². The maximum atomic E-state index is 13.5. The maximum absolute atomic E-state index is 13.5. The van der Waals surface area contributed by atoms with Crippen LogP contribution >= 0.6 is 11.3 Å². The number of aromatic nitrogens is 3. The summed E-state index contributed by atoms with van der Waals surface area (Å²) >= 11 is 1.68. The van der Waals surface area contributed by atoms with E-state index in [0.717, 1.165) is 44.1 Å². The zero-order chi connectivity index (χ0) is 16.8. The van der Waals surface area contributed by atoms with Crippen LogP contribution in [-0.4, -0.2) is 21.8 Å². The number of ether oxygens (including phenoxy) is 1. The molecule has 0 radical (unpaired) electrons. The average Bonchev–Trinajstić information content (AvgIpc) is 3.30. The lowest BCUT2D eigenvalue weighted by molar-refractivity contribution is 0.262. The van der Waals surface area contributed by atoms with Crippen LogP contribution in [0.4, 0.5) is 4.39 Å². The highest BCUT2D eigenvalue weighted by atomic mass is 32.1. The molecular weight excluding hydrogens is 337 g/mol. The quantitative estimate of drug-likeness (QED) is 0.577. The van der Waals surface area contributed by atoms with Crippen LogP contribution in [0.1, 0.15) is 16.5 Å². The molecule has 4 nitrogen and oxygen atoms in total. The summed E-state index contributed by atoms with van der Waals surface area (Å²) in [6.07, 6.45) is 4.44. The van der Waals surface area contributed by atoms with Crippen molar-refractivity contribution in [3.63, 3.8) is 0 Å². The van der Waals surface area contributed by atoms with Crippen molar-refractivity contribution in [2.24, 2.45) is 0 Å². The first-order chi connectivity index (χ1) is 12.3. The summed E-state index contributed by atoms with van der Waals surface area (Å²) in [6.45, 7) is 0.576. The molecule has 0 saturated heterocycles. The average molecular weight is 351 g/mol. The van der Waals surface area contributed by atoms with Gasteiger partial charge in [0.1, 0.15) is 16.6 Å². The van der Waals surface area contributed by atoms with Gasteiger partial charge in [0, 0.05) is 17.7 Å². The molecule has 6 heteroatoms. The molecule has 5 rings (SSSR count). The Morgan fingerprint density at radius 2 is 2.12 bits per heavy atom. The third-order valence-electron chi connectivity index (χ3n) is 4.51. The van der Waals surface area contributed by atoms with Gasteiger partial charge in [0.15, 0.2) is 0 Å². The fraction of sp³-hybridized carbons (Fsp3) is 0.158. The Hall–Kier alpha value is -2.73. The Kier molecular flexibility index (Phi) is 3.31. The van der Waals surface area contributed by atoms with E-state index in [9.17, 15) is 4.39 Å². The molecular formula is C19H14FN3OS. The number of thiazole rings is 1. The molecule has 2 aromatic carbocycles. The van der Waals surface area contributed by atoms with Crippen LogP contribution in [0.25, 0.3) is 21.3 Å². The monoisotopic (exact) mass is 351 g/mol. The lowest BCUT2D eigenvalue weighted by Crippen LogP contribution is -2.19. The fourth-order valence-electron chi connectivity index (χ4n) is 3.23. The first kappa shape index (κ1) is 14.6. The first-order valence-corrected chi connectivity index (χ1v) is 8.89. The molecule has 124 valence electrons. The van der Waals surface area contributed by atoms with Gasteiger partial charge in [-0.15, -0.1) is 11.3 Å². The van der Waals surface area contributed by atoms with Crippen LogP contribution in [0.15, 0.2) is 48.8 Å². The van der Waals surface area contributed by atoms with Crippen molar-refractivity contribution in [3.8, 4) is 16.9 Å². The van der Waals surface area contributed by atoms with Gasteiger partial charge in [0.05, 0.1) is 23.0 Å². The minimum atomic E-state index is -0.225. The zero-order valence-electron chi connectivity index (χ0n) is 13.2. The highest BCUT2D eigenvalue weighted by molar-refractivity contribution is 7.18. The first-order valence-electron chi connectivity index (χ1n) is 8.07. The van der Waals surface area contributed by atoms with Crippen molar-refractivity contribution in [1.29, 1.82) is 0 Å². The van der Waals surface area contributed by atoms with Crippen molar-refractivity contribution in [1.82, 2.24) is 15.2 Å². The highest BCUT2D eigenvalue weighted by Crippen LogP contribution is 2.37. The van der Waals surface area contributed by atoms with E-state index < -0.39 is 0 Å². The SMILES string of the molecule is Fc1ccc2c(c1)CC(c1nc3ccc(-c4cn[nH]c4)cc3s1)CO2. The van der Waals surface area contributed by atoms with E-state index in [4.69, 9.17) is 9.72 Å². The van der Waals surface area contributed by atoms with E-state index in [1.807, 2.05) is 18.5 Å². The molecule has 0 saturated carbocycles. The molecule has 0 amide bonds. The number of hydrogen-bond donors (Lipinski definition) is 1. The second kappa shape index (κ2) is 5.67. The van der Waals surface area contributed by atoms with Crippen LogP contribution in [0, 0.1) is 5.82 Å². The van der Waals surface area contributed by atoms with E-state index in [2.05, 4.69) is 22.3 Å². The number of nitrogens with one attached hydrogen (secondary N) is 1. The molecule has 0 aliphatic carbocycles. The number of H-pyrrole nitrogens is 1. The molecule has 1 atom stereocenters. The predicted molar refractivity (Wildman–Crippen MR) is 95.5 cm³/mol. The molecule has 1 aliphatic rings. The normalized spacial score (nSPS) is 16.6. The van der Waals surface area contributed by atoms with Crippen LogP contribution in [0.5, 0.6) is 5.75 Å². The van der Waals surface area contributed by atoms with Crippen molar-refractivity contribution in [2.75, 3.05) is 6.61 Å². The van der Waals surface area contributed by atoms with Gasteiger partial charge >= 0.3 is 0 Å². The van der Waals surface area contributed by atoms with Gasteiger partial charge in [-0.05, 0) is 47.9 Å². The third-order valence-corrected chi connectivity index (χ3v) is 5.70. The van der Waals surface area contributed by atoms with Gasteiger partial charge in [0.25, 0.3) is 0 Å². The summed E-state index contributed by atoms with van der Waals surface area (Å²) in [5, 5.41) is 7.88. The van der Waals surface area contributed by atoms with Crippen molar-refractivity contribution >= 4 is 21.6 Å². The third kappa shape index (κ3) is 2.59. The molecule has 25 heavy (non-hydrogen) atoms. The molecule has 2 aromatic heterocycles. The Morgan fingerprint density at radius 3 is 3.00 bits per heavy atom. The standard InChI is InChI=1S/C19H14FN3OS/c20-15-2-4-17-12(6-15)5-13(10-24-17)19-23-16-3-1-11(7-18(16)25-19)14-8-21-22-9-14/h1-4,6-9,13H,5,10H2,(H,21,22). The van der Waals surface area contributed by atoms with Crippen molar-refractivity contribution in [2.45, 2.75) is 12.3 Å². The molecule has 0 spiro atoms. The van der Waals surface area contributed by atoms with Gasteiger partial charge in [-0.25, -0.2) is 9.37 Å². The molecule has 1 unspecified atom stereocenters. The predicted octanol–water partition coefficient (Wildman–Crippen LogP) is 4.54. The number of nitrogens with zero attached hydrogens (tertiary/aromatic N) is 2. The topological polar surface area (TPSA) is 50.8 Å². The number of halogens is 1. The Balaban J connectivity index is 1.49. The number of rotatable bonds is 2. The fourth-order valence-corrected chi connectivity index (χ4v) is 4.32. The van der Waals surface area contributed by atoms with Crippen molar-refractivity contribution in [3.05, 3.63) is 65.2 Å². The van der Waals surface area contributed by atoms with E-state index >= 15 is 0 Å². The lowest BCUT2D eigenvalue weighted by atomic mass is 9.97. The largest absolute Gasteiger partial charge is 0.493 e. The molecule has 0 bridgehead atoms. The van der Waals surface area contributed by atoms with E-state index in [0.29, 0.717) is 6.61 Å². The Bertz CT molecular complexity index is 1060. The number of aromatic amines is 1. The summed E-state index contributed by atoms with van der Waals surface area (Å²) in [5.74, 6) is 0.710. The number of fused-ring (bicyclic) bond motifs is 2. The number of benzene rings is 2. The minimum absolute atomic E-state index is 0.157. The summed E-state index contributed by atoms with van der Waals surface area (Å²) in [7, 11) is 0.